The third-order valence-corrected chi connectivity index (χ3v) is 26.2. The Bertz CT molecular complexity index is 6650. The highest BCUT2D eigenvalue weighted by Crippen LogP contribution is 2.70. The smallest absolute Gasteiger partial charge is 0.537 e. The zero-order valence-corrected chi connectivity index (χ0v) is 65.0. The van der Waals surface area contributed by atoms with E-state index in [4.69, 9.17) is 9.68 Å². The summed E-state index contributed by atoms with van der Waals surface area (Å²) in [5, 5.41) is 8.90. The van der Waals surface area contributed by atoms with Crippen LogP contribution in [0.2, 0.25) is 0 Å². The third-order valence-electron chi connectivity index (χ3n) is 25.7. The molecule has 18 aromatic carbocycles. The fraction of sp³-hybridized carbons (Fsp3) is 0.0357. The molecule has 6 aliphatic rings. The molecule has 2 nitrogen and oxygen atoms in total. The van der Waals surface area contributed by atoms with Crippen molar-refractivity contribution in [2.24, 2.45) is 0 Å². The van der Waals surface area contributed by atoms with Crippen LogP contribution in [0.15, 0.2) is 441 Å². The van der Waals surface area contributed by atoms with E-state index in [0.29, 0.717) is 13.4 Å². The van der Waals surface area contributed by atoms with Crippen LogP contribution in [0.1, 0.15) is 89.0 Å². The second-order valence-corrected chi connectivity index (χ2v) is 32.1. The van der Waals surface area contributed by atoms with Crippen LogP contribution in [-0.4, -0.2) is 12.7 Å². The Morgan fingerprint density at radius 2 is 0.379 bits per heavy atom. The van der Waals surface area contributed by atoms with Crippen molar-refractivity contribution in [3.63, 3.8) is 0 Å². The van der Waals surface area contributed by atoms with E-state index < -0.39 is 21.7 Å². The summed E-state index contributed by atoms with van der Waals surface area (Å²) in [6, 6.07) is 161. The molecule has 0 atom stereocenters. The van der Waals surface area contributed by atoms with Crippen LogP contribution in [0, 0.1) is 0 Å². The average Bonchev–Trinajstić information content (AvgIpc) is 1.45. The molecule has 0 unspecified atom stereocenters. The predicted octanol–water partition coefficient (Wildman–Crippen LogP) is 27.1. The number of benzene rings is 18. The molecule has 1 N–H and O–H groups in total. The first-order valence-electron chi connectivity index (χ1n) is 40.0. The summed E-state index contributed by atoms with van der Waals surface area (Å²) in [6.07, 6.45) is 0. The first-order valence-corrected chi connectivity index (χ1v) is 40.8. The van der Waals surface area contributed by atoms with Crippen LogP contribution in [-0.2, 0) is 21.7 Å². The molecule has 116 heavy (non-hydrogen) atoms. The van der Waals surface area contributed by atoms with Crippen molar-refractivity contribution in [3.05, 3.63) is 530 Å². The topological polar surface area (TPSA) is 29.5 Å². The fourth-order valence-electron chi connectivity index (χ4n) is 21.3. The SMILES string of the molecule is Brc1ccc2c(c1)C1(c3ccccc3-c3ccccc31)c1ccccc1C21c2ccccc2-c2ccccc21.O[B]Oc1cc(-c2ccccc2)cc(-c2ccccc2)c1.c1ccc(-c2cc(-c3ccccc3)cc(-c3ccc4c(c3)C3(c5ccccc5-c5ccccc53)c3ccccc3C43c4ccccc4-c4ccccc43)c2)cc1. The molecule has 0 heterocycles. The highest BCUT2D eigenvalue weighted by Gasteiger charge is 2.61. The van der Waals surface area contributed by atoms with Crippen molar-refractivity contribution in [2.75, 3.05) is 0 Å². The summed E-state index contributed by atoms with van der Waals surface area (Å²) in [6.45, 7) is 0. The van der Waals surface area contributed by atoms with Crippen molar-refractivity contribution in [3.8, 4) is 106 Å². The van der Waals surface area contributed by atoms with Crippen LogP contribution < -0.4 is 4.65 Å². The summed E-state index contributed by atoms with van der Waals surface area (Å²) >= 11 is 3.90. The molecule has 0 fully saturated rings. The van der Waals surface area contributed by atoms with E-state index >= 15 is 0 Å². The van der Waals surface area contributed by atoms with Gasteiger partial charge in [0.25, 0.3) is 0 Å². The van der Waals surface area contributed by atoms with E-state index in [1.165, 1.54) is 167 Å². The Kier molecular flexibility index (Phi) is 16.4. The Morgan fingerprint density at radius 3 is 0.655 bits per heavy atom. The lowest BCUT2D eigenvalue weighted by Crippen LogP contribution is -2.43. The lowest BCUT2D eigenvalue weighted by molar-refractivity contribution is 0.454. The lowest BCUT2D eigenvalue weighted by atomic mass is 9.52. The first kappa shape index (κ1) is 69.0. The average molecular weight is 1540 g/mol. The molecule has 18 aromatic rings. The maximum atomic E-state index is 8.90. The van der Waals surface area contributed by atoms with E-state index in [9.17, 15) is 0 Å². The molecule has 0 amide bonds. The minimum Gasteiger partial charge on any atom is -0.537 e. The number of halogens is 1. The summed E-state index contributed by atoms with van der Waals surface area (Å²) in [5.41, 5.74) is 42.2. The number of fused-ring (bicyclic) bond motifs is 32. The zero-order chi connectivity index (χ0) is 77.1. The van der Waals surface area contributed by atoms with Gasteiger partial charge in [0.05, 0.1) is 21.7 Å². The van der Waals surface area contributed by atoms with Gasteiger partial charge in [0.2, 0.25) is 0 Å². The zero-order valence-electron chi connectivity index (χ0n) is 63.4. The molecule has 1 radical (unpaired) electrons. The Balaban J connectivity index is 0.000000117. The van der Waals surface area contributed by atoms with Gasteiger partial charge in [0, 0.05) is 4.47 Å². The summed E-state index contributed by atoms with van der Waals surface area (Å²) in [7, 11) is 0.707. The van der Waals surface area contributed by atoms with Crippen molar-refractivity contribution in [1.29, 1.82) is 0 Å². The van der Waals surface area contributed by atoms with Crippen LogP contribution in [0.4, 0.5) is 0 Å². The molecule has 543 valence electrons. The van der Waals surface area contributed by atoms with Crippen molar-refractivity contribution < 1.29 is 9.68 Å². The molecule has 4 heteroatoms. The van der Waals surface area contributed by atoms with E-state index in [2.05, 4.69) is 404 Å². The largest absolute Gasteiger partial charge is 0.569 e. The second kappa shape index (κ2) is 27.5. The van der Waals surface area contributed by atoms with Crippen LogP contribution in [0.3, 0.4) is 0 Å². The van der Waals surface area contributed by atoms with Crippen LogP contribution in [0.5, 0.6) is 5.75 Å². The molecule has 0 bridgehead atoms. The molecule has 0 aliphatic heterocycles. The predicted molar refractivity (Wildman–Crippen MR) is 479 cm³/mol. The lowest BCUT2D eigenvalue weighted by Gasteiger charge is -2.49. The molecule has 6 aliphatic carbocycles. The van der Waals surface area contributed by atoms with E-state index in [1.807, 2.05) is 48.5 Å². The molecular weight excluding hydrogens is 1470 g/mol. The molecule has 0 saturated carbocycles. The normalized spacial score (nSPS) is 14.1. The molecule has 4 spiro atoms. The Hall–Kier alpha value is -13.7. The fourth-order valence-corrected chi connectivity index (χ4v) is 21.7. The van der Waals surface area contributed by atoms with Gasteiger partial charge < -0.3 is 9.68 Å². The van der Waals surface area contributed by atoms with Crippen LogP contribution in [0.25, 0.3) is 100 Å². The highest BCUT2D eigenvalue weighted by molar-refractivity contribution is 9.10. The quantitative estimate of drug-likeness (QED) is 0.161. The van der Waals surface area contributed by atoms with Crippen molar-refractivity contribution >= 4 is 23.6 Å². The number of hydrogen-bond acceptors (Lipinski definition) is 2. The van der Waals surface area contributed by atoms with Gasteiger partial charge in [-0.1, -0.05) is 398 Å². The van der Waals surface area contributed by atoms with E-state index in [-0.39, 0.29) is 0 Å². The van der Waals surface area contributed by atoms with E-state index in [1.54, 1.807) is 0 Å². The monoisotopic (exact) mass is 1540 g/mol. The Morgan fingerprint density at radius 1 is 0.172 bits per heavy atom. The second-order valence-electron chi connectivity index (χ2n) is 31.1. The van der Waals surface area contributed by atoms with Gasteiger partial charge in [0.1, 0.15) is 5.75 Å². The number of rotatable bonds is 7. The third kappa shape index (κ3) is 10.1. The summed E-state index contributed by atoms with van der Waals surface area (Å²) in [4.78, 5) is 0. The maximum Gasteiger partial charge on any atom is 0.569 e. The molecule has 0 aromatic heterocycles. The highest BCUT2D eigenvalue weighted by atomic mass is 79.9. The maximum absolute atomic E-state index is 8.90. The molecule has 0 saturated heterocycles. The van der Waals surface area contributed by atoms with Gasteiger partial charge in [-0.25, -0.2) is 0 Å². The minimum atomic E-state index is -0.522. The van der Waals surface area contributed by atoms with Crippen molar-refractivity contribution in [2.45, 2.75) is 21.7 Å². The van der Waals surface area contributed by atoms with Gasteiger partial charge >= 0.3 is 7.69 Å². The van der Waals surface area contributed by atoms with Gasteiger partial charge in [-0.2, -0.15) is 0 Å². The minimum absolute atomic E-state index is 0.391. The standard InChI is InChI=1S/C56H36.C38H23Br.C18H14BO2/c1-3-17-37(18-4-1)40-33-41(38-19-5-2-6-20-38)35-42(34-40)39-31-32-53-54(36-39)56(49-27-13-9-23-45(49)46-24-10-14-28-50(46)56)52-30-16-15-29-51(52)55(53)47-25-11-7-21-43(47)44-22-8-12-26-48(44)55;39-24-21-22-35-36(23-24)38(31-17-7-3-13-27(31)28-14-4-8-18-32(28)38)34-20-10-9-19-33(34)37(35)29-15-5-1-11-25(29)26-12-2-6-16-30(26)37;20-19-21-18-12-16(14-7-3-1-4-8-14)11-17(13-18)15-9-5-2-6-10-15/h1-36H;1-23H;1-13,20H. The number of hydrogen-bond donors (Lipinski definition) is 1. The Labute approximate surface area is 686 Å². The van der Waals surface area contributed by atoms with Gasteiger partial charge in [-0.15, -0.1) is 0 Å². The van der Waals surface area contributed by atoms with Gasteiger partial charge in [-0.3, -0.25) is 0 Å². The first-order chi connectivity index (χ1) is 57.4. The van der Waals surface area contributed by atoms with E-state index in [0.717, 1.165) is 26.7 Å². The van der Waals surface area contributed by atoms with Gasteiger partial charge in [-0.05, 0) is 244 Å². The summed E-state index contributed by atoms with van der Waals surface area (Å²) < 4.78 is 6.27. The van der Waals surface area contributed by atoms with Crippen LogP contribution >= 0.6 is 15.9 Å². The van der Waals surface area contributed by atoms with Crippen molar-refractivity contribution in [1.82, 2.24) is 0 Å². The van der Waals surface area contributed by atoms with Gasteiger partial charge in [0.15, 0.2) is 0 Å². The summed E-state index contributed by atoms with van der Waals surface area (Å²) in [5.74, 6) is 0.609. The molecular formula is C112H73BBrO2. The molecule has 24 rings (SSSR count).